The molecule has 2 rings (SSSR count). The van der Waals surface area contributed by atoms with Crippen LogP contribution in [0.15, 0.2) is 30.6 Å². The van der Waals surface area contributed by atoms with Crippen LogP contribution in [0.2, 0.25) is 0 Å². The summed E-state index contributed by atoms with van der Waals surface area (Å²) in [4.78, 5) is 8.35. The van der Waals surface area contributed by atoms with Crippen molar-refractivity contribution in [1.29, 1.82) is 0 Å². The van der Waals surface area contributed by atoms with Crippen LogP contribution >= 0.6 is 0 Å². The van der Waals surface area contributed by atoms with Crippen LogP contribution in [0.3, 0.4) is 0 Å². The predicted octanol–water partition coefficient (Wildman–Crippen LogP) is 1.67. The van der Waals surface area contributed by atoms with E-state index in [1.54, 1.807) is 12.4 Å². The second kappa shape index (κ2) is 2.77. The Labute approximate surface area is 70.5 Å². The van der Waals surface area contributed by atoms with Gasteiger partial charge in [0, 0.05) is 25.1 Å². The minimum absolute atomic E-state index is 0.921. The summed E-state index contributed by atoms with van der Waals surface area (Å²) in [5, 5.41) is 3.05. The first-order valence-corrected chi connectivity index (χ1v) is 3.78. The zero-order valence-electron chi connectivity index (χ0n) is 6.78. The molecule has 12 heavy (non-hydrogen) atoms. The average Bonchev–Trinajstić information content (AvgIpc) is 2.17. The first-order chi connectivity index (χ1) is 5.90. The molecule has 0 fully saturated rings. The van der Waals surface area contributed by atoms with Crippen molar-refractivity contribution in [3.63, 3.8) is 0 Å². The molecule has 0 saturated heterocycles. The Hall–Kier alpha value is -1.64. The fraction of sp³-hybridized carbons (Fsp3) is 0.111. The van der Waals surface area contributed by atoms with Crippen LogP contribution in [-0.2, 0) is 0 Å². The Kier molecular flexibility index (Phi) is 1.63. The van der Waals surface area contributed by atoms with E-state index < -0.39 is 0 Å². The van der Waals surface area contributed by atoms with Crippen molar-refractivity contribution in [2.24, 2.45) is 0 Å². The van der Waals surface area contributed by atoms with Gasteiger partial charge < -0.3 is 5.32 Å². The van der Waals surface area contributed by atoms with E-state index in [-0.39, 0.29) is 0 Å². The fourth-order valence-electron chi connectivity index (χ4n) is 1.12. The topological polar surface area (TPSA) is 37.8 Å². The molecule has 0 radical (unpaired) electrons. The third-order valence-electron chi connectivity index (χ3n) is 1.76. The van der Waals surface area contributed by atoms with E-state index >= 15 is 0 Å². The Morgan fingerprint density at radius 2 is 1.83 bits per heavy atom. The maximum atomic E-state index is 4.19. The van der Waals surface area contributed by atoms with Gasteiger partial charge in [0.1, 0.15) is 0 Å². The third kappa shape index (κ3) is 1.09. The van der Waals surface area contributed by atoms with Gasteiger partial charge in [-0.05, 0) is 18.2 Å². The number of aromatic nitrogens is 2. The first kappa shape index (κ1) is 7.03. The Morgan fingerprint density at radius 3 is 2.58 bits per heavy atom. The molecular weight excluding hydrogens is 150 g/mol. The molecule has 0 bridgehead atoms. The largest absolute Gasteiger partial charge is 0.388 e. The van der Waals surface area contributed by atoms with E-state index in [1.165, 1.54) is 0 Å². The molecule has 3 heteroatoms. The Balaban J connectivity index is 2.67. The molecule has 1 aromatic heterocycles. The first-order valence-electron chi connectivity index (χ1n) is 3.78. The molecule has 0 aliphatic carbocycles. The number of hydrogen-bond donors (Lipinski definition) is 1. The molecule has 0 atom stereocenters. The van der Waals surface area contributed by atoms with Crippen molar-refractivity contribution in [3.8, 4) is 0 Å². The lowest BCUT2D eigenvalue weighted by atomic mass is 10.2. The maximum absolute atomic E-state index is 4.19. The van der Waals surface area contributed by atoms with Gasteiger partial charge in [-0.25, -0.2) is 0 Å². The van der Waals surface area contributed by atoms with E-state index in [9.17, 15) is 0 Å². The highest BCUT2D eigenvalue weighted by atomic mass is 14.8. The highest BCUT2D eigenvalue weighted by Crippen LogP contribution is 2.13. The van der Waals surface area contributed by atoms with Crippen LogP contribution in [0.25, 0.3) is 11.0 Å². The molecule has 0 amide bonds. The van der Waals surface area contributed by atoms with Gasteiger partial charge in [-0.2, -0.15) is 0 Å². The van der Waals surface area contributed by atoms with Crippen molar-refractivity contribution in [3.05, 3.63) is 30.6 Å². The summed E-state index contributed by atoms with van der Waals surface area (Å²) in [6.07, 6.45) is 3.39. The van der Waals surface area contributed by atoms with Crippen LogP contribution < -0.4 is 5.32 Å². The number of benzene rings is 1. The van der Waals surface area contributed by atoms with E-state index in [1.807, 2.05) is 25.2 Å². The fourth-order valence-corrected chi connectivity index (χ4v) is 1.12. The van der Waals surface area contributed by atoms with E-state index in [4.69, 9.17) is 0 Å². The number of anilines is 1. The second-order valence-corrected chi connectivity index (χ2v) is 2.51. The van der Waals surface area contributed by atoms with Crippen LogP contribution in [0, 0.1) is 0 Å². The second-order valence-electron chi connectivity index (χ2n) is 2.51. The molecule has 1 N–H and O–H groups in total. The summed E-state index contributed by atoms with van der Waals surface area (Å²) < 4.78 is 0. The van der Waals surface area contributed by atoms with Crippen molar-refractivity contribution < 1.29 is 0 Å². The molecule has 0 unspecified atom stereocenters. The lowest BCUT2D eigenvalue weighted by Gasteiger charge is -1.99. The summed E-state index contributed by atoms with van der Waals surface area (Å²) in [5.41, 5.74) is 2.91. The standard InChI is InChI=1S/C9H9N3/c1-10-7-2-3-8-9(6-7)12-5-4-11-8/h2-6,10H,1H3. The normalized spacial score (nSPS) is 10.1. The predicted molar refractivity (Wildman–Crippen MR) is 49.1 cm³/mol. The van der Waals surface area contributed by atoms with Gasteiger partial charge in [-0.15, -0.1) is 0 Å². The van der Waals surface area contributed by atoms with Gasteiger partial charge in [0.2, 0.25) is 0 Å². The summed E-state index contributed by atoms with van der Waals surface area (Å²) in [7, 11) is 1.89. The summed E-state index contributed by atoms with van der Waals surface area (Å²) in [5.74, 6) is 0. The molecule has 0 saturated carbocycles. The Morgan fingerprint density at radius 1 is 1.08 bits per heavy atom. The molecule has 3 nitrogen and oxygen atoms in total. The smallest absolute Gasteiger partial charge is 0.0907 e. The molecule has 0 aliphatic heterocycles. The number of nitrogens with zero attached hydrogens (tertiary/aromatic N) is 2. The zero-order chi connectivity index (χ0) is 8.39. The number of rotatable bonds is 1. The Bertz CT molecular complexity index is 398. The van der Waals surface area contributed by atoms with Crippen molar-refractivity contribution in [2.45, 2.75) is 0 Å². The van der Waals surface area contributed by atoms with Gasteiger partial charge in [0.15, 0.2) is 0 Å². The number of fused-ring (bicyclic) bond motifs is 1. The van der Waals surface area contributed by atoms with Crippen molar-refractivity contribution in [2.75, 3.05) is 12.4 Å². The number of nitrogens with one attached hydrogen (secondary N) is 1. The molecular formula is C9H9N3. The van der Waals surface area contributed by atoms with Gasteiger partial charge in [-0.1, -0.05) is 0 Å². The minimum Gasteiger partial charge on any atom is -0.388 e. The van der Waals surface area contributed by atoms with Crippen molar-refractivity contribution >= 4 is 16.7 Å². The molecule has 0 aliphatic rings. The van der Waals surface area contributed by atoms with Crippen LogP contribution in [0.5, 0.6) is 0 Å². The molecule has 1 aromatic carbocycles. The molecule has 0 spiro atoms. The molecule has 1 heterocycles. The van der Waals surface area contributed by atoms with Crippen molar-refractivity contribution in [1.82, 2.24) is 9.97 Å². The minimum atomic E-state index is 0.921. The quantitative estimate of drug-likeness (QED) is 0.687. The molecule has 2 aromatic rings. The summed E-state index contributed by atoms with van der Waals surface area (Å²) >= 11 is 0. The van der Waals surface area contributed by atoms with E-state index in [2.05, 4.69) is 15.3 Å². The molecule has 60 valence electrons. The van der Waals surface area contributed by atoms with E-state index in [0.29, 0.717) is 0 Å². The highest BCUT2D eigenvalue weighted by molar-refractivity contribution is 5.77. The van der Waals surface area contributed by atoms with Gasteiger partial charge >= 0.3 is 0 Å². The van der Waals surface area contributed by atoms with Crippen LogP contribution in [-0.4, -0.2) is 17.0 Å². The number of hydrogen-bond acceptors (Lipinski definition) is 3. The SMILES string of the molecule is CNc1ccc2nccnc2c1. The third-order valence-corrected chi connectivity index (χ3v) is 1.76. The zero-order valence-corrected chi connectivity index (χ0v) is 6.78. The van der Waals surface area contributed by atoms with Gasteiger partial charge in [0.05, 0.1) is 11.0 Å². The summed E-state index contributed by atoms with van der Waals surface area (Å²) in [6.45, 7) is 0. The lowest BCUT2D eigenvalue weighted by Crippen LogP contribution is -1.88. The highest BCUT2D eigenvalue weighted by Gasteiger charge is 1.94. The maximum Gasteiger partial charge on any atom is 0.0907 e. The van der Waals surface area contributed by atoms with Crippen LogP contribution in [0.4, 0.5) is 5.69 Å². The van der Waals surface area contributed by atoms with Gasteiger partial charge in [0.25, 0.3) is 0 Å². The summed E-state index contributed by atoms with van der Waals surface area (Å²) in [6, 6.07) is 5.91. The van der Waals surface area contributed by atoms with Gasteiger partial charge in [-0.3, -0.25) is 9.97 Å². The lowest BCUT2D eigenvalue weighted by molar-refractivity contribution is 1.29. The average molecular weight is 159 g/mol. The monoisotopic (exact) mass is 159 g/mol. The van der Waals surface area contributed by atoms with E-state index in [0.717, 1.165) is 16.7 Å². The van der Waals surface area contributed by atoms with Crippen LogP contribution in [0.1, 0.15) is 0 Å².